The summed E-state index contributed by atoms with van der Waals surface area (Å²) < 4.78 is 7.42. The summed E-state index contributed by atoms with van der Waals surface area (Å²) >= 11 is 0. The molecule has 4 nitrogen and oxygen atoms in total. The maximum Gasteiger partial charge on any atom is 0.226 e. The van der Waals surface area contributed by atoms with E-state index in [-0.39, 0.29) is 11.8 Å². The predicted octanol–water partition coefficient (Wildman–Crippen LogP) is 3.31. The van der Waals surface area contributed by atoms with Crippen molar-refractivity contribution in [2.75, 3.05) is 20.3 Å². The lowest BCUT2D eigenvalue weighted by atomic mass is 9.84. The maximum absolute atomic E-state index is 12.7. The molecular weight excluding hydrogens is 300 g/mol. The molecule has 0 aliphatic heterocycles. The van der Waals surface area contributed by atoms with Gasteiger partial charge >= 0.3 is 0 Å². The van der Waals surface area contributed by atoms with E-state index >= 15 is 0 Å². The molecular formula is C20H26N2O2. The molecule has 1 aliphatic rings. The van der Waals surface area contributed by atoms with E-state index in [0.29, 0.717) is 19.7 Å². The summed E-state index contributed by atoms with van der Waals surface area (Å²) in [4.78, 5) is 14.7. The van der Waals surface area contributed by atoms with E-state index < -0.39 is 0 Å². The van der Waals surface area contributed by atoms with Gasteiger partial charge in [-0.1, -0.05) is 36.8 Å². The van der Waals surface area contributed by atoms with Gasteiger partial charge in [-0.05, 0) is 30.5 Å². The van der Waals surface area contributed by atoms with Crippen molar-refractivity contribution >= 4 is 5.91 Å². The van der Waals surface area contributed by atoms with Crippen LogP contribution in [0.5, 0.6) is 0 Å². The van der Waals surface area contributed by atoms with E-state index in [1.165, 1.54) is 17.7 Å². The second kappa shape index (κ2) is 8.15. The fraction of sp³-hybridized carbons (Fsp3) is 0.450. The number of nitrogens with zero attached hydrogens (tertiary/aromatic N) is 2. The zero-order valence-electron chi connectivity index (χ0n) is 14.4. The van der Waals surface area contributed by atoms with Gasteiger partial charge in [-0.3, -0.25) is 4.79 Å². The zero-order chi connectivity index (χ0) is 16.8. The molecule has 0 radical (unpaired) electrons. The molecule has 0 spiro atoms. The van der Waals surface area contributed by atoms with Gasteiger partial charge in [0.05, 0.1) is 13.2 Å². The van der Waals surface area contributed by atoms with Crippen LogP contribution in [0.2, 0.25) is 0 Å². The number of aromatic nitrogens is 1. The van der Waals surface area contributed by atoms with E-state index in [2.05, 4.69) is 47.2 Å². The van der Waals surface area contributed by atoms with Gasteiger partial charge in [-0.15, -0.1) is 0 Å². The number of benzene rings is 1. The minimum Gasteiger partial charge on any atom is -0.383 e. The minimum absolute atomic E-state index is 0.222. The van der Waals surface area contributed by atoms with Gasteiger partial charge in [-0.25, -0.2) is 0 Å². The standard InChI is InChI=1S/C20H26N2O2/c1-24-14-13-22(20(23)18-9-5-10-18)16-19-11-6-12-21(19)15-17-7-3-2-4-8-17/h2-4,6-8,11-12,18H,5,9-10,13-16H2,1H3. The van der Waals surface area contributed by atoms with E-state index in [1.807, 2.05) is 11.0 Å². The number of methoxy groups -OCH3 is 1. The summed E-state index contributed by atoms with van der Waals surface area (Å²) in [6.07, 6.45) is 5.34. The first-order chi connectivity index (χ1) is 11.8. The molecule has 1 saturated carbocycles. The van der Waals surface area contributed by atoms with Crippen molar-refractivity contribution in [3.8, 4) is 0 Å². The van der Waals surface area contributed by atoms with E-state index in [4.69, 9.17) is 4.74 Å². The van der Waals surface area contributed by atoms with Crippen molar-refractivity contribution in [1.29, 1.82) is 0 Å². The van der Waals surface area contributed by atoms with Crippen LogP contribution in [-0.4, -0.2) is 35.6 Å². The summed E-state index contributed by atoms with van der Waals surface area (Å²) in [5.41, 5.74) is 2.44. The van der Waals surface area contributed by atoms with Crippen LogP contribution >= 0.6 is 0 Å². The molecule has 1 amide bonds. The van der Waals surface area contributed by atoms with Crippen molar-refractivity contribution in [2.45, 2.75) is 32.4 Å². The second-order valence-electron chi connectivity index (χ2n) is 6.49. The molecule has 0 bridgehead atoms. The molecule has 0 saturated heterocycles. The van der Waals surface area contributed by atoms with Crippen LogP contribution in [0.15, 0.2) is 48.7 Å². The molecule has 0 N–H and O–H groups in total. The molecule has 3 rings (SSSR count). The molecule has 4 heteroatoms. The van der Waals surface area contributed by atoms with Crippen molar-refractivity contribution in [3.63, 3.8) is 0 Å². The highest BCUT2D eigenvalue weighted by molar-refractivity contribution is 5.79. The van der Waals surface area contributed by atoms with Gasteiger partial charge in [0, 0.05) is 38.0 Å². The highest BCUT2D eigenvalue weighted by Gasteiger charge is 2.29. The number of rotatable bonds is 8. The van der Waals surface area contributed by atoms with Gasteiger partial charge in [0.1, 0.15) is 0 Å². The third-order valence-electron chi connectivity index (χ3n) is 4.80. The van der Waals surface area contributed by atoms with Gasteiger partial charge in [-0.2, -0.15) is 0 Å². The Bertz CT molecular complexity index is 647. The summed E-state index contributed by atoms with van der Waals surface area (Å²) in [6, 6.07) is 14.6. The number of hydrogen-bond donors (Lipinski definition) is 0. The highest BCUT2D eigenvalue weighted by atomic mass is 16.5. The molecule has 1 aliphatic carbocycles. The van der Waals surface area contributed by atoms with E-state index in [1.54, 1.807) is 7.11 Å². The lowest BCUT2D eigenvalue weighted by molar-refractivity contribution is -0.139. The molecule has 1 heterocycles. The first kappa shape index (κ1) is 16.8. The Morgan fingerprint density at radius 2 is 2.00 bits per heavy atom. The Hall–Kier alpha value is -2.07. The van der Waals surface area contributed by atoms with Crippen LogP contribution in [-0.2, 0) is 22.6 Å². The average molecular weight is 326 g/mol. The number of carbonyl (C=O) groups is 1. The minimum atomic E-state index is 0.222. The summed E-state index contributed by atoms with van der Waals surface area (Å²) in [5, 5.41) is 0. The van der Waals surface area contributed by atoms with Crippen LogP contribution in [0.4, 0.5) is 0 Å². The lowest BCUT2D eigenvalue weighted by Crippen LogP contribution is -2.40. The van der Waals surface area contributed by atoms with Crippen molar-refractivity contribution in [2.24, 2.45) is 5.92 Å². The van der Waals surface area contributed by atoms with Gasteiger partial charge < -0.3 is 14.2 Å². The molecule has 128 valence electrons. The third kappa shape index (κ3) is 4.06. The molecule has 1 fully saturated rings. The van der Waals surface area contributed by atoms with Crippen molar-refractivity contribution in [1.82, 2.24) is 9.47 Å². The Morgan fingerprint density at radius 3 is 2.67 bits per heavy atom. The first-order valence-electron chi connectivity index (χ1n) is 8.73. The van der Waals surface area contributed by atoms with Crippen LogP contribution in [0.3, 0.4) is 0 Å². The monoisotopic (exact) mass is 326 g/mol. The fourth-order valence-electron chi connectivity index (χ4n) is 3.10. The Kier molecular flexibility index (Phi) is 5.70. The van der Waals surface area contributed by atoms with Gasteiger partial charge in [0.2, 0.25) is 5.91 Å². The zero-order valence-corrected chi connectivity index (χ0v) is 14.4. The second-order valence-corrected chi connectivity index (χ2v) is 6.49. The largest absolute Gasteiger partial charge is 0.383 e. The maximum atomic E-state index is 12.7. The number of hydrogen-bond acceptors (Lipinski definition) is 2. The number of ether oxygens (including phenoxy) is 1. The summed E-state index contributed by atoms with van der Waals surface area (Å²) in [5.74, 6) is 0.505. The van der Waals surface area contributed by atoms with Crippen molar-refractivity contribution in [3.05, 3.63) is 59.9 Å². The summed E-state index contributed by atoms with van der Waals surface area (Å²) in [7, 11) is 1.68. The molecule has 1 aromatic carbocycles. The van der Waals surface area contributed by atoms with E-state index in [9.17, 15) is 4.79 Å². The SMILES string of the molecule is COCCN(Cc1cccn1Cc1ccccc1)C(=O)C1CCC1. The number of carbonyl (C=O) groups excluding carboxylic acids is 1. The molecule has 24 heavy (non-hydrogen) atoms. The highest BCUT2D eigenvalue weighted by Crippen LogP contribution is 2.28. The van der Waals surface area contributed by atoms with Crippen LogP contribution < -0.4 is 0 Å². The van der Waals surface area contributed by atoms with Gasteiger partial charge in [0.25, 0.3) is 0 Å². The van der Waals surface area contributed by atoms with Crippen LogP contribution in [0.25, 0.3) is 0 Å². The summed E-state index contributed by atoms with van der Waals surface area (Å²) in [6.45, 7) is 2.72. The molecule has 1 aromatic heterocycles. The van der Waals surface area contributed by atoms with Crippen molar-refractivity contribution < 1.29 is 9.53 Å². The Labute approximate surface area is 144 Å². The fourth-order valence-corrected chi connectivity index (χ4v) is 3.10. The predicted molar refractivity (Wildman–Crippen MR) is 94.6 cm³/mol. The van der Waals surface area contributed by atoms with Crippen LogP contribution in [0.1, 0.15) is 30.5 Å². The molecule has 0 atom stereocenters. The van der Waals surface area contributed by atoms with Crippen LogP contribution in [0, 0.1) is 5.92 Å². The topological polar surface area (TPSA) is 34.5 Å². The smallest absolute Gasteiger partial charge is 0.226 e. The normalized spacial score (nSPS) is 14.4. The molecule has 2 aromatic rings. The number of amides is 1. The van der Waals surface area contributed by atoms with Gasteiger partial charge in [0.15, 0.2) is 0 Å². The Balaban J connectivity index is 1.70. The quantitative estimate of drug-likeness (QED) is 0.746. The molecule has 0 unspecified atom stereocenters. The third-order valence-corrected chi connectivity index (χ3v) is 4.80. The lowest BCUT2D eigenvalue weighted by Gasteiger charge is -2.32. The Morgan fingerprint density at radius 1 is 1.21 bits per heavy atom. The first-order valence-corrected chi connectivity index (χ1v) is 8.73. The average Bonchev–Trinajstić information content (AvgIpc) is 2.97. The van der Waals surface area contributed by atoms with E-state index in [0.717, 1.165) is 19.4 Å².